The third-order valence-corrected chi connectivity index (χ3v) is 4.03. The number of likely N-dealkylation sites (tertiary alicyclic amines) is 1. The number of aliphatic carboxylic acids is 1. The summed E-state index contributed by atoms with van der Waals surface area (Å²) in [5.41, 5.74) is 0.657. The number of aromatic nitrogens is 2. The van der Waals surface area contributed by atoms with Gasteiger partial charge in [0.2, 0.25) is 0 Å². The van der Waals surface area contributed by atoms with Crippen LogP contribution in [0, 0.1) is 0 Å². The highest BCUT2D eigenvalue weighted by Gasteiger charge is 2.34. The number of nitrogens with zero attached hydrogens (tertiary/aromatic N) is 3. The first kappa shape index (κ1) is 13.9. The quantitative estimate of drug-likeness (QED) is 0.913. The maximum atomic E-state index is 12.5. The molecule has 1 saturated heterocycles. The Morgan fingerprint density at radius 3 is 2.79 bits per heavy atom. The predicted molar refractivity (Wildman–Crippen MR) is 70.3 cm³/mol. The van der Waals surface area contributed by atoms with Gasteiger partial charge in [-0.25, -0.2) is 4.79 Å². The molecule has 1 amide bonds. The zero-order chi connectivity index (χ0) is 14.0. The number of carbonyl (C=O) groups excluding carboxylic acids is 1. The van der Waals surface area contributed by atoms with E-state index in [1.54, 1.807) is 0 Å². The molecule has 7 heteroatoms. The molecule has 0 aliphatic carbocycles. The van der Waals surface area contributed by atoms with Crippen LogP contribution in [-0.4, -0.2) is 44.1 Å². The second-order valence-electron chi connectivity index (χ2n) is 4.99. The van der Waals surface area contributed by atoms with Crippen molar-refractivity contribution in [3.63, 3.8) is 0 Å². The van der Waals surface area contributed by atoms with Gasteiger partial charge in [-0.1, -0.05) is 18.3 Å². The molecule has 1 aliphatic rings. The van der Waals surface area contributed by atoms with Crippen molar-refractivity contribution in [2.24, 2.45) is 0 Å². The van der Waals surface area contributed by atoms with E-state index in [2.05, 4.69) is 9.59 Å². The average molecular weight is 283 g/mol. The topological polar surface area (TPSA) is 83.4 Å². The Kier molecular flexibility index (Phi) is 4.14. The van der Waals surface area contributed by atoms with Crippen LogP contribution in [0.3, 0.4) is 0 Å². The van der Waals surface area contributed by atoms with E-state index < -0.39 is 12.0 Å². The lowest BCUT2D eigenvalue weighted by atomic mass is 10.0. The summed E-state index contributed by atoms with van der Waals surface area (Å²) in [7, 11) is 0. The van der Waals surface area contributed by atoms with Crippen molar-refractivity contribution in [1.29, 1.82) is 0 Å². The molecule has 6 nitrogen and oxygen atoms in total. The van der Waals surface area contributed by atoms with Crippen molar-refractivity contribution in [3.05, 3.63) is 10.6 Å². The zero-order valence-corrected chi connectivity index (χ0v) is 11.8. The van der Waals surface area contributed by atoms with E-state index >= 15 is 0 Å². The van der Waals surface area contributed by atoms with Gasteiger partial charge in [0.1, 0.15) is 10.9 Å². The molecule has 0 bridgehead atoms. The molecule has 0 spiro atoms. The second kappa shape index (κ2) is 5.64. The zero-order valence-electron chi connectivity index (χ0n) is 11.0. The van der Waals surface area contributed by atoms with Crippen molar-refractivity contribution >= 4 is 23.4 Å². The van der Waals surface area contributed by atoms with Gasteiger partial charge in [-0.15, -0.1) is 5.10 Å². The molecule has 2 rings (SSSR count). The van der Waals surface area contributed by atoms with E-state index in [-0.39, 0.29) is 11.8 Å². The summed E-state index contributed by atoms with van der Waals surface area (Å²) in [6, 6.07) is -0.719. The minimum atomic E-state index is -0.934. The smallest absolute Gasteiger partial charge is 0.326 e. The normalized spacial score (nSPS) is 19.7. The summed E-state index contributed by atoms with van der Waals surface area (Å²) < 4.78 is 3.83. The molecular formula is C12H17N3O3S. The molecule has 1 aliphatic heterocycles. The molecule has 0 radical (unpaired) electrons. The van der Waals surface area contributed by atoms with Crippen LogP contribution < -0.4 is 0 Å². The van der Waals surface area contributed by atoms with E-state index in [4.69, 9.17) is 0 Å². The molecule has 1 N–H and O–H groups in total. The number of hydrogen-bond acceptors (Lipinski definition) is 5. The molecule has 1 aromatic rings. The van der Waals surface area contributed by atoms with Crippen molar-refractivity contribution in [1.82, 2.24) is 14.5 Å². The molecule has 0 aromatic carbocycles. The van der Waals surface area contributed by atoms with Crippen LogP contribution in [-0.2, 0) is 4.79 Å². The lowest BCUT2D eigenvalue weighted by molar-refractivity contribution is -0.143. The van der Waals surface area contributed by atoms with Crippen LogP contribution in [0.5, 0.6) is 0 Å². The summed E-state index contributed by atoms with van der Waals surface area (Å²) in [5.74, 6) is -1.08. The lowest BCUT2D eigenvalue weighted by Crippen LogP contribution is -2.48. The van der Waals surface area contributed by atoms with E-state index in [1.807, 2.05) is 13.8 Å². The molecule has 0 saturated carbocycles. The second-order valence-corrected chi connectivity index (χ2v) is 5.74. The molecule has 19 heavy (non-hydrogen) atoms. The SMILES string of the molecule is CC(C)c1nnsc1C(=O)N1CCCC[C@H]1C(=O)O. The van der Waals surface area contributed by atoms with Crippen LogP contribution in [0.2, 0.25) is 0 Å². The largest absolute Gasteiger partial charge is 0.480 e. The van der Waals surface area contributed by atoms with Gasteiger partial charge in [-0.3, -0.25) is 4.79 Å². The van der Waals surface area contributed by atoms with Crippen molar-refractivity contribution in [2.45, 2.75) is 45.1 Å². The van der Waals surface area contributed by atoms with Crippen molar-refractivity contribution < 1.29 is 14.7 Å². The minimum Gasteiger partial charge on any atom is -0.480 e. The van der Waals surface area contributed by atoms with E-state index in [0.717, 1.165) is 24.4 Å². The van der Waals surface area contributed by atoms with Crippen LogP contribution in [0.1, 0.15) is 54.4 Å². The highest BCUT2D eigenvalue weighted by molar-refractivity contribution is 7.08. The van der Waals surface area contributed by atoms with Gasteiger partial charge in [0.05, 0.1) is 5.69 Å². The minimum absolute atomic E-state index is 0.103. The van der Waals surface area contributed by atoms with Gasteiger partial charge in [-0.05, 0) is 36.7 Å². The Hall–Kier alpha value is -1.50. The average Bonchev–Trinajstić information content (AvgIpc) is 2.87. The number of carboxylic acid groups (broad SMARTS) is 1. The van der Waals surface area contributed by atoms with Crippen LogP contribution in [0.15, 0.2) is 0 Å². The van der Waals surface area contributed by atoms with Crippen LogP contribution in [0.4, 0.5) is 0 Å². The maximum Gasteiger partial charge on any atom is 0.326 e. The number of carboxylic acids is 1. The standard InChI is InChI=1S/C12H17N3O3S/c1-7(2)9-10(19-14-13-9)11(16)15-6-4-3-5-8(15)12(17)18/h7-8H,3-6H2,1-2H3,(H,17,18)/t8-/m0/s1. The molecule has 1 atom stereocenters. The van der Waals surface area contributed by atoms with Crippen molar-refractivity contribution in [3.8, 4) is 0 Å². The van der Waals surface area contributed by atoms with Crippen LogP contribution >= 0.6 is 11.5 Å². The number of hydrogen-bond donors (Lipinski definition) is 1. The van der Waals surface area contributed by atoms with Gasteiger partial charge < -0.3 is 10.0 Å². The highest BCUT2D eigenvalue weighted by Crippen LogP contribution is 2.25. The van der Waals surface area contributed by atoms with Crippen LogP contribution in [0.25, 0.3) is 0 Å². The van der Waals surface area contributed by atoms with Gasteiger partial charge in [0.25, 0.3) is 5.91 Å². The first-order chi connectivity index (χ1) is 9.02. The molecule has 1 aromatic heterocycles. The molecule has 0 unspecified atom stereocenters. The summed E-state index contributed by atoms with van der Waals surface area (Å²) >= 11 is 1.05. The number of rotatable bonds is 3. The van der Waals surface area contributed by atoms with Gasteiger partial charge in [0, 0.05) is 6.54 Å². The fourth-order valence-electron chi connectivity index (χ4n) is 2.29. The first-order valence-corrected chi connectivity index (χ1v) is 7.15. The molecular weight excluding hydrogens is 266 g/mol. The number of amides is 1. The summed E-state index contributed by atoms with van der Waals surface area (Å²) in [6.07, 6.45) is 2.21. The summed E-state index contributed by atoms with van der Waals surface area (Å²) in [4.78, 5) is 25.7. The Bertz CT molecular complexity index is 486. The third-order valence-electron chi connectivity index (χ3n) is 3.30. The first-order valence-electron chi connectivity index (χ1n) is 6.38. The molecule has 104 valence electrons. The third kappa shape index (κ3) is 2.75. The predicted octanol–water partition coefficient (Wildman–Crippen LogP) is 1.74. The van der Waals surface area contributed by atoms with Crippen molar-refractivity contribution in [2.75, 3.05) is 6.54 Å². The van der Waals surface area contributed by atoms with E-state index in [1.165, 1.54) is 4.90 Å². The lowest BCUT2D eigenvalue weighted by Gasteiger charge is -2.32. The van der Waals surface area contributed by atoms with Gasteiger partial charge in [0.15, 0.2) is 0 Å². The number of piperidine rings is 1. The highest BCUT2D eigenvalue weighted by atomic mass is 32.1. The summed E-state index contributed by atoms with van der Waals surface area (Å²) in [6.45, 7) is 4.38. The summed E-state index contributed by atoms with van der Waals surface area (Å²) in [5, 5.41) is 13.2. The number of carbonyl (C=O) groups is 2. The fraction of sp³-hybridized carbons (Fsp3) is 0.667. The van der Waals surface area contributed by atoms with Gasteiger partial charge >= 0.3 is 5.97 Å². The Labute approximate surface area is 115 Å². The molecule has 1 fully saturated rings. The Balaban J connectivity index is 2.26. The van der Waals surface area contributed by atoms with E-state index in [9.17, 15) is 14.7 Å². The molecule has 2 heterocycles. The Morgan fingerprint density at radius 1 is 1.42 bits per heavy atom. The fourth-order valence-corrected chi connectivity index (χ4v) is 3.06. The van der Waals surface area contributed by atoms with Gasteiger partial charge in [-0.2, -0.15) is 0 Å². The maximum absolute atomic E-state index is 12.5. The van der Waals surface area contributed by atoms with E-state index in [0.29, 0.717) is 23.5 Å². The monoisotopic (exact) mass is 283 g/mol. The Morgan fingerprint density at radius 2 is 2.16 bits per heavy atom.